The second-order valence-electron chi connectivity index (χ2n) is 5.58. The first-order valence-corrected chi connectivity index (χ1v) is 9.28. The molecule has 10 heteroatoms. The minimum Gasteiger partial charge on any atom is -0.322 e. The van der Waals surface area contributed by atoms with Crippen LogP contribution in [0.15, 0.2) is 41.3 Å². The molecule has 2 aromatic carbocycles. The molecule has 0 radical (unpaired) electrons. The molecule has 3 amide bonds. The van der Waals surface area contributed by atoms with E-state index in [1.54, 1.807) is 18.2 Å². The van der Waals surface area contributed by atoms with E-state index >= 15 is 0 Å². The van der Waals surface area contributed by atoms with Gasteiger partial charge in [0.2, 0.25) is 5.91 Å². The highest BCUT2D eigenvalue weighted by Gasteiger charge is 2.36. The zero-order chi connectivity index (χ0) is 20.4. The zero-order valence-electron chi connectivity index (χ0n) is 13.8. The Labute approximate surface area is 172 Å². The summed E-state index contributed by atoms with van der Waals surface area (Å²) in [6, 6.07) is 7.39. The summed E-state index contributed by atoms with van der Waals surface area (Å²) < 4.78 is 26.5. The Morgan fingerprint density at radius 1 is 1.14 bits per heavy atom. The summed E-state index contributed by atoms with van der Waals surface area (Å²) in [7, 11) is 0. The minimum atomic E-state index is -0.976. The maximum absolute atomic E-state index is 13.6. The number of carbonyl (C=O) groups is 3. The lowest BCUT2D eigenvalue weighted by Gasteiger charge is -2.12. The fraction of sp³-hybridized carbons (Fsp3) is 0.0556. The van der Waals surface area contributed by atoms with E-state index in [1.807, 2.05) is 0 Å². The molecular weight excluding hydrogens is 433 g/mol. The first kappa shape index (κ1) is 20.3. The molecule has 0 bridgehead atoms. The molecule has 28 heavy (non-hydrogen) atoms. The van der Waals surface area contributed by atoms with E-state index in [2.05, 4.69) is 5.32 Å². The molecule has 1 N–H and O–H groups in total. The van der Waals surface area contributed by atoms with E-state index < -0.39 is 35.2 Å². The lowest BCUT2D eigenvalue weighted by Crippen LogP contribution is -2.36. The number of rotatable bonds is 4. The number of nitrogens with zero attached hydrogens (tertiary/aromatic N) is 1. The van der Waals surface area contributed by atoms with Crippen LogP contribution in [0.1, 0.15) is 5.56 Å². The molecule has 144 valence electrons. The van der Waals surface area contributed by atoms with E-state index in [-0.39, 0.29) is 10.6 Å². The van der Waals surface area contributed by atoms with Crippen LogP contribution in [0.4, 0.5) is 19.3 Å². The summed E-state index contributed by atoms with van der Waals surface area (Å²) in [6.07, 6.45) is 1.37. The smallest absolute Gasteiger partial charge is 0.294 e. The topological polar surface area (TPSA) is 66.5 Å². The Kier molecular flexibility index (Phi) is 6.02. The van der Waals surface area contributed by atoms with Crippen LogP contribution in [0.3, 0.4) is 0 Å². The standard InChI is InChI=1S/C18H10Cl2F2N2O3S/c19-11-2-1-3-12(20)10(11)7-15-17(26)24(18(27)28-15)8-16(25)23-14-5-4-9(21)6-13(14)22/h1-7H,8H2,(H,23,25). The van der Waals surface area contributed by atoms with Crippen LogP contribution >= 0.6 is 35.0 Å². The SMILES string of the molecule is O=C(CN1C(=O)SC(=Cc2c(Cl)cccc2Cl)C1=O)Nc1ccc(F)cc1F. The first-order chi connectivity index (χ1) is 13.3. The van der Waals surface area contributed by atoms with E-state index in [1.165, 1.54) is 6.08 Å². The van der Waals surface area contributed by atoms with Crippen molar-refractivity contribution in [2.45, 2.75) is 0 Å². The van der Waals surface area contributed by atoms with Crippen LogP contribution < -0.4 is 5.32 Å². The Morgan fingerprint density at radius 2 is 1.82 bits per heavy atom. The van der Waals surface area contributed by atoms with Crippen molar-refractivity contribution in [2.75, 3.05) is 11.9 Å². The van der Waals surface area contributed by atoms with Gasteiger partial charge in [-0.15, -0.1) is 0 Å². The molecule has 2 aromatic rings. The van der Waals surface area contributed by atoms with Crippen LogP contribution in [0, 0.1) is 11.6 Å². The molecule has 0 atom stereocenters. The highest BCUT2D eigenvalue weighted by Crippen LogP contribution is 2.35. The first-order valence-electron chi connectivity index (χ1n) is 7.70. The molecule has 0 unspecified atom stereocenters. The van der Waals surface area contributed by atoms with Gasteiger partial charge in [-0.3, -0.25) is 19.3 Å². The number of anilines is 1. The second kappa shape index (κ2) is 8.30. The van der Waals surface area contributed by atoms with Crippen LogP contribution in [-0.4, -0.2) is 28.5 Å². The van der Waals surface area contributed by atoms with Crippen molar-refractivity contribution >= 4 is 63.8 Å². The van der Waals surface area contributed by atoms with Crippen LogP contribution in [0.25, 0.3) is 6.08 Å². The Bertz CT molecular complexity index is 1010. The fourth-order valence-corrected chi connectivity index (χ4v) is 3.67. The summed E-state index contributed by atoms with van der Waals surface area (Å²) in [5, 5.41) is 2.11. The van der Waals surface area contributed by atoms with E-state index in [4.69, 9.17) is 23.2 Å². The van der Waals surface area contributed by atoms with E-state index in [0.29, 0.717) is 38.3 Å². The average Bonchev–Trinajstić information content (AvgIpc) is 2.88. The van der Waals surface area contributed by atoms with E-state index in [9.17, 15) is 23.2 Å². The number of hydrogen-bond acceptors (Lipinski definition) is 4. The van der Waals surface area contributed by atoms with Gasteiger partial charge in [-0.2, -0.15) is 0 Å². The number of thioether (sulfide) groups is 1. The highest BCUT2D eigenvalue weighted by molar-refractivity contribution is 8.18. The molecule has 5 nitrogen and oxygen atoms in total. The predicted molar refractivity (Wildman–Crippen MR) is 104 cm³/mol. The van der Waals surface area contributed by atoms with Gasteiger partial charge in [-0.1, -0.05) is 29.3 Å². The molecule has 1 fully saturated rings. The Morgan fingerprint density at radius 3 is 2.46 bits per heavy atom. The van der Waals surface area contributed by atoms with Gasteiger partial charge in [0.05, 0.1) is 10.6 Å². The van der Waals surface area contributed by atoms with Crippen LogP contribution in [0.5, 0.6) is 0 Å². The number of hydrogen-bond donors (Lipinski definition) is 1. The van der Waals surface area contributed by atoms with Gasteiger partial charge in [-0.25, -0.2) is 8.78 Å². The fourth-order valence-electron chi connectivity index (χ4n) is 2.34. The molecule has 3 rings (SSSR count). The summed E-state index contributed by atoms with van der Waals surface area (Å²) in [4.78, 5) is 37.4. The number of benzene rings is 2. The lowest BCUT2D eigenvalue weighted by atomic mass is 10.2. The summed E-state index contributed by atoms with van der Waals surface area (Å²) >= 11 is 12.7. The number of imide groups is 1. The van der Waals surface area contributed by atoms with Gasteiger partial charge in [0.15, 0.2) is 0 Å². The average molecular weight is 443 g/mol. The molecule has 1 aliphatic heterocycles. The molecule has 0 spiro atoms. The molecule has 0 aliphatic carbocycles. The molecular formula is C18H10Cl2F2N2O3S. The van der Waals surface area contributed by atoms with Gasteiger partial charge in [0, 0.05) is 21.7 Å². The summed E-state index contributed by atoms with van der Waals surface area (Å²) in [5.41, 5.74) is 0.103. The van der Waals surface area contributed by atoms with Crippen LogP contribution in [0.2, 0.25) is 10.0 Å². The third kappa shape index (κ3) is 4.35. The minimum absolute atomic E-state index is 0.0424. The molecule has 1 heterocycles. The number of carbonyl (C=O) groups excluding carboxylic acids is 3. The number of halogens is 4. The molecule has 1 aliphatic rings. The van der Waals surface area contributed by atoms with Crippen molar-refractivity contribution in [1.82, 2.24) is 4.90 Å². The Hall–Kier alpha value is -2.42. The third-order valence-corrected chi connectivity index (χ3v) is 5.22. The highest BCUT2D eigenvalue weighted by atomic mass is 35.5. The zero-order valence-corrected chi connectivity index (χ0v) is 16.2. The lowest BCUT2D eigenvalue weighted by molar-refractivity contribution is -0.127. The largest absolute Gasteiger partial charge is 0.322 e. The van der Waals surface area contributed by atoms with Gasteiger partial charge < -0.3 is 5.32 Å². The quantitative estimate of drug-likeness (QED) is 0.680. The molecule has 0 saturated carbocycles. The molecule has 0 aromatic heterocycles. The number of amides is 3. The summed E-state index contributed by atoms with van der Waals surface area (Å²) in [5.74, 6) is -3.30. The number of nitrogens with one attached hydrogen (secondary N) is 1. The maximum Gasteiger partial charge on any atom is 0.294 e. The van der Waals surface area contributed by atoms with Gasteiger partial charge >= 0.3 is 0 Å². The van der Waals surface area contributed by atoms with Crippen molar-refractivity contribution in [1.29, 1.82) is 0 Å². The normalized spacial score (nSPS) is 15.4. The van der Waals surface area contributed by atoms with Crippen molar-refractivity contribution < 1.29 is 23.2 Å². The van der Waals surface area contributed by atoms with Gasteiger partial charge in [0.25, 0.3) is 11.1 Å². The van der Waals surface area contributed by atoms with E-state index in [0.717, 1.165) is 12.1 Å². The maximum atomic E-state index is 13.6. The van der Waals surface area contributed by atoms with Crippen LogP contribution in [-0.2, 0) is 9.59 Å². The summed E-state index contributed by atoms with van der Waals surface area (Å²) in [6.45, 7) is -0.630. The third-order valence-electron chi connectivity index (χ3n) is 3.66. The molecule has 1 saturated heterocycles. The monoisotopic (exact) mass is 442 g/mol. The van der Waals surface area contributed by atoms with Crippen molar-refractivity contribution in [3.8, 4) is 0 Å². The van der Waals surface area contributed by atoms with Crippen molar-refractivity contribution in [3.63, 3.8) is 0 Å². The van der Waals surface area contributed by atoms with Crippen molar-refractivity contribution in [2.24, 2.45) is 0 Å². The Balaban J connectivity index is 1.75. The van der Waals surface area contributed by atoms with Gasteiger partial charge in [-0.05, 0) is 42.1 Å². The predicted octanol–water partition coefficient (Wildman–Crippen LogP) is 4.95. The second-order valence-corrected chi connectivity index (χ2v) is 7.38. The van der Waals surface area contributed by atoms with Gasteiger partial charge in [0.1, 0.15) is 18.2 Å². The van der Waals surface area contributed by atoms with Crippen molar-refractivity contribution in [3.05, 3.63) is 68.5 Å².